The van der Waals surface area contributed by atoms with E-state index in [4.69, 9.17) is 9.47 Å². The van der Waals surface area contributed by atoms with Crippen molar-refractivity contribution in [1.29, 1.82) is 0 Å². The number of fused-ring (bicyclic) bond motifs is 1. The molecule has 1 aromatic rings. The molecular weight excluding hydrogens is 392 g/mol. The summed E-state index contributed by atoms with van der Waals surface area (Å²) in [5, 5.41) is 0. The van der Waals surface area contributed by atoms with Gasteiger partial charge in [0.1, 0.15) is 5.78 Å². The molecule has 0 saturated heterocycles. The standard InChI is InChI=1S/C22H29BrO3/c1-21(2)10-7-11-22(3)19(21)9-6-8-16(24)20(22)14-12-17(25-4)18(26-5)13-15(14)23/h9,12-13,20H,6-8,10-11H2,1-5H3/t20-,22+/m1/s1. The first kappa shape index (κ1) is 19.5. The number of methoxy groups -OCH3 is 2. The summed E-state index contributed by atoms with van der Waals surface area (Å²) < 4.78 is 11.9. The van der Waals surface area contributed by atoms with Gasteiger partial charge >= 0.3 is 0 Å². The number of benzene rings is 1. The van der Waals surface area contributed by atoms with Crippen LogP contribution in [0.25, 0.3) is 0 Å². The van der Waals surface area contributed by atoms with Crippen LogP contribution in [0.15, 0.2) is 28.3 Å². The number of hydrogen-bond donors (Lipinski definition) is 0. The van der Waals surface area contributed by atoms with E-state index in [1.165, 1.54) is 12.0 Å². The smallest absolute Gasteiger partial charge is 0.161 e. The van der Waals surface area contributed by atoms with Crippen LogP contribution in [0.1, 0.15) is 64.4 Å². The van der Waals surface area contributed by atoms with Crippen LogP contribution in [0, 0.1) is 10.8 Å². The maximum atomic E-state index is 13.3. The van der Waals surface area contributed by atoms with Crippen molar-refractivity contribution in [2.75, 3.05) is 14.2 Å². The summed E-state index contributed by atoms with van der Waals surface area (Å²) in [5.41, 5.74) is 2.45. The molecule has 2 aliphatic carbocycles. The van der Waals surface area contributed by atoms with Crippen molar-refractivity contribution in [3.05, 3.63) is 33.8 Å². The third-order valence-electron chi connectivity index (χ3n) is 6.35. The first-order valence-corrected chi connectivity index (χ1v) is 10.2. The monoisotopic (exact) mass is 420 g/mol. The van der Waals surface area contributed by atoms with Gasteiger partial charge in [-0.15, -0.1) is 0 Å². The van der Waals surface area contributed by atoms with E-state index in [1.54, 1.807) is 14.2 Å². The van der Waals surface area contributed by atoms with Gasteiger partial charge in [0, 0.05) is 16.3 Å². The average Bonchev–Trinajstić information content (AvgIpc) is 2.71. The molecule has 1 saturated carbocycles. The van der Waals surface area contributed by atoms with E-state index in [-0.39, 0.29) is 16.7 Å². The van der Waals surface area contributed by atoms with E-state index < -0.39 is 0 Å². The second kappa shape index (κ2) is 7.03. The fourth-order valence-corrected chi connectivity index (χ4v) is 5.77. The Morgan fingerprint density at radius 1 is 1.08 bits per heavy atom. The van der Waals surface area contributed by atoms with Crippen molar-refractivity contribution >= 4 is 21.7 Å². The molecule has 0 heterocycles. The Morgan fingerprint density at radius 2 is 1.73 bits per heavy atom. The van der Waals surface area contributed by atoms with Crippen molar-refractivity contribution in [3.63, 3.8) is 0 Å². The molecule has 2 atom stereocenters. The highest BCUT2D eigenvalue weighted by Gasteiger charge is 2.50. The molecule has 2 aliphatic rings. The SMILES string of the molecule is COc1cc(Br)c([C@@H]2C(=O)CCC=C3C(C)(C)CCC[C@@]32C)cc1OC. The molecule has 0 bridgehead atoms. The van der Waals surface area contributed by atoms with Gasteiger partial charge < -0.3 is 9.47 Å². The summed E-state index contributed by atoms with van der Waals surface area (Å²) in [4.78, 5) is 13.3. The lowest BCUT2D eigenvalue weighted by molar-refractivity contribution is -0.122. The van der Waals surface area contributed by atoms with Crippen LogP contribution in [-0.2, 0) is 4.79 Å². The molecule has 1 aromatic carbocycles. The number of allylic oxidation sites excluding steroid dienone is 2. The topological polar surface area (TPSA) is 35.5 Å². The Bertz CT molecular complexity index is 750. The zero-order valence-corrected chi connectivity index (χ0v) is 18.0. The van der Waals surface area contributed by atoms with E-state index in [0.717, 1.165) is 29.3 Å². The van der Waals surface area contributed by atoms with Crippen LogP contribution in [0.4, 0.5) is 0 Å². The quantitative estimate of drug-likeness (QED) is 0.557. The van der Waals surface area contributed by atoms with Gasteiger partial charge in [0.15, 0.2) is 11.5 Å². The zero-order valence-electron chi connectivity index (χ0n) is 16.4. The fourth-order valence-electron chi connectivity index (χ4n) is 5.22. The lowest BCUT2D eigenvalue weighted by atomic mass is 9.54. The maximum Gasteiger partial charge on any atom is 0.161 e. The molecule has 142 valence electrons. The van der Waals surface area contributed by atoms with Crippen LogP contribution < -0.4 is 9.47 Å². The van der Waals surface area contributed by atoms with Crippen molar-refractivity contribution in [3.8, 4) is 11.5 Å². The van der Waals surface area contributed by atoms with Crippen molar-refractivity contribution in [2.24, 2.45) is 10.8 Å². The minimum atomic E-state index is -0.162. The van der Waals surface area contributed by atoms with Gasteiger partial charge in [-0.3, -0.25) is 4.79 Å². The predicted octanol–water partition coefficient (Wildman–Crippen LogP) is 6.06. The van der Waals surface area contributed by atoms with Crippen molar-refractivity contribution in [2.45, 2.75) is 58.8 Å². The average molecular weight is 421 g/mol. The Kier molecular flexibility index (Phi) is 5.26. The Balaban J connectivity index is 2.19. The largest absolute Gasteiger partial charge is 0.493 e. The van der Waals surface area contributed by atoms with E-state index in [1.807, 2.05) is 12.1 Å². The molecule has 0 aliphatic heterocycles. The van der Waals surface area contributed by atoms with Gasteiger partial charge in [0.05, 0.1) is 20.1 Å². The third-order valence-corrected chi connectivity index (χ3v) is 7.04. The molecule has 0 amide bonds. The molecule has 4 heteroatoms. The molecular formula is C22H29BrO3. The summed E-state index contributed by atoms with van der Waals surface area (Å²) in [6.45, 7) is 6.94. The summed E-state index contributed by atoms with van der Waals surface area (Å²) in [6.07, 6.45) is 7.17. The first-order chi connectivity index (χ1) is 12.2. The number of hydrogen-bond acceptors (Lipinski definition) is 3. The van der Waals surface area contributed by atoms with E-state index in [2.05, 4.69) is 42.8 Å². The number of carbonyl (C=O) groups excluding carboxylic acids is 1. The Hall–Kier alpha value is -1.29. The molecule has 3 nitrogen and oxygen atoms in total. The minimum Gasteiger partial charge on any atom is -0.493 e. The summed E-state index contributed by atoms with van der Waals surface area (Å²) >= 11 is 3.70. The number of rotatable bonds is 3. The van der Waals surface area contributed by atoms with Crippen LogP contribution in [0.5, 0.6) is 11.5 Å². The van der Waals surface area contributed by atoms with Crippen LogP contribution in [0.2, 0.25) is 0 Å². The van der Waals surface area contributed by atoms with Gasteiger partial charge in [0.25, 0.3) is 0 Å². The second-order valence-electron chi connectivity index (χ2n) is 8.44. The Labute approximate surface area is 165 Å². The molecule has 3 rings (SSSR count). The molecule has 0 spiro atoms. The molecule has 0 N–H and O–H groups in total. The van der Waals surface area contributed by atoms with Gasteiger partial charge in [-0.25, -0.2) is 0 Å². The lowest BCUT2D eigenvalue weighted by Crippen LogP contribution is -2.40. The molecule has 0 radical (unpaired) electrons. The number of ketones is 1. The van der Waals surface area contributed by atoms with Gasteiger partial charge in [-0.05, 0) is 42.4 Å². The fraction of sp³-hybridized carbons (Fsp3) is 0.591. The van der Waals surface area contributed by atoms with Crippen molar-refractivity contribution in [1.82, 2.24) is 0 Å². The molecule has 26 heavy (non-hydrogen) atoms. The van der Waals surface area contributed by atoms with E-state index >= 15 is 0 Å². The molecule has 0 aromatic heterocycles. The zero-order chi connectivity index (χ0) is 19.1. The minimum absolute atomic E-state index is 0.138. The van der Waals surface area contributed by atoms with E-state index in [9.17, 15) is 4.79 Å². The summed E-state index contributed by atoms with van der Waals surface area (Å²) in [6, 6.07) is 3.91. The van der Waals surface area contributed by atoms with Crippen LogP contribution >= 0.6 is 15.9 Å². The number of ether oxygens (including phenoxy) is 2. The highest BCUT2D eigenvalue weighted by atomic mass is 79.9. The normalized spacial score (nSPS) is 28.0. The summed E-state index contributed by atoms with van der Waals surface area (Å²) in [7, 11) is 3.27. The molecule has 0 unspecified atom stereocenters. The van der Waals surface area contributed by atoms with Gasteiger partial charge in [-0.2, -0.15) is 0 Å². The maximum absolute atomic E-state index is 13.3. The number of Topliss-reactive ketones (excluding diaryl/α,β-unsaturated/α-hetero) is 1. The third kappa shape index (κ3) is 3.11. The van der Waals surface area contributed by atoms with E-state index in [0.29, 0.717) is 23.7 Å². The number of carbonyl (C=O) groups is 1. The van der Waals surface area contributed by atoms with Gasteiger partial charge in [-0.1, -0.05) is 54.8 Å². The highest BCUT2D eigenvalue weighted by molar-refractivity contribution is 9.10. The highest BCUT2D eigenvalue weighted by Crippen LogP contribution is 2.59. The van der Waals surface area contributed by atoms with Gasteiger partial charge in [0.2, 0.25) is 0 Å². The second-order valence-corrected chi connectivity index (χ2v) is 9.29. The molecule has 1 fully saturated rings. The van der Waals surface area contributed by atoms with Crippen molar-refractivity contribution < 1.29 is 14.3 Å². The Morgan fingerprint density at radius 3 is 2.38 bits per heavy atom. The van der Waals surface area contributed by atoms with Crippen LogP contribution in [-0.4, -0.2) is 20.0 Å². The van der Waals surface area contributed by atoms with Crippen LogP contribution in [0.3, 0.4) is 0 Å². The first-order valence-electron chi connectivity index (χ1n) is 9.40. The predicted molar refractivity (Wildman–Crippen MR) is 108 cm³/mol. The number of halogens is 1. The lowest BCUT2D eigenvalue weighted by Gasteiger charge is -2.49. The summed E-state index contributed by atoms with van der Waals surface area (Å²) in [5.74, 6) is 1.51.